The topological polar surface area (TPSA) is 0 Å². The van der Waals surface area contributed by atoms with Crippen LogP contribution in [0.15, 0.2) is 19.0 Å². The predicted molar refractivity (Wildman–Crippen MR) is 280 cm³/mol. The van der Waals surface area contributed by atoms with Crippen molar-refractivity contribution < 1.29 is 127 Å². The molecule has 0 heterocycles. The second-order valence-corrected chi connectivity index (χ2v) is 16.3. The molecule has 0 saturated heterocycles. The fourth-order valence-electron chi connectivity index (χ4n) is 6.31. The number of hydrogen-bond acceptors (Lipinski definition) is 0. The number of halogens is 6. The first-order valence-corrected chi connectivity index (χ1v) is 22.3. The monoisotopic (exact) mass is 1130 g/mol. The fraction of sp³-hybridized carbons (Fsp3) is 0.604. The molecule has 370 valence electrons. The number of allylic oxidation sites excluding steroid dienone is 2. The molecule has 0 aromatic carbocycles. The van der Waals surface area contributed by atoms with E-state index in [4.69, 9.17) is 82.5 Å². The first-order valence-electron chi connectivity index (χ1n) is 20.0. The Hall–Kier alpha value is 3.41. The predicted octanol–water partition coefficient (Wildman–Crippen LogP) is 8.69. The van der Waals surface area contributed by atoms with E-state index in [-0.39, 0.29) is 198 Å². The Kier molecular flexibility index (Phi) is 163. The molecule has 0 spiro atoms. The van der Waals surface area contributed by atoms with Gasteiger partial charge in [0.2, 0.25) is 0 Å². The molecule has 6 rings (SSSR count). The van der Waals surface area contributed by atoms with Crippen LogP contribution in [0.25, 0.3) is 0 Å². The summed E-state index contributed by atoms with van der Waals surface area (Å²) in [5.74, 6) is 16.7. The van der Waals surface area contributed by atoms with Crippen LogP contribution in [0.5, 0.6) is 0 Å². The molecular weight excluding hydrogens is 1040 g/mol. The van der Waals surface area contributed by atoms with Gasteiger partial charge in [-0.25, -0.2) is 0 Å². The van der Waals surface area contributed by atoms with Crippen molar-refractivity contribution in [3.05, 3.63) is 96.7 Å². The SMILES string of the molecule is C1CCCC1.C1CCCC1.CC#CC#CCC1CCCC1.CCC1CCCC1.ClC(Cl)=C(Cl)C(Cl)=C(Cl)Cl.[C-]#CC#[C-].[CH-]1CCCC1.[CH-]1CCCC1.[CH3-].[CH3-].[CH3-].[CH3-].[CH3-].[CH3-].[CH3-].[Fe+2].[Fe+2].[Fe+2].[Li+].[Li+].[Li+].[Li+]. The van der Waals surface area contributed by atoms with Crippen LogP contribution in [0, 0.1) is 125 Å². The normalized spacial score (nSPS) is 14.0. The first kappa shape index (κ1) is 114. The van der Waals surface area contributed by atoms with Crippen molar-refractivity contribution in [1.29, 1.82) is 0 Å². The maximum Gasteiger partial charge on any atom is 2.00 e. The van der Waals surface area contributed by atoms with Crippen molar-refractivity contribution in [2.45, 2.75) is 194 Å². The van der Waals surface area contributed by atoms with Gasteiger partial charge in [0.1, 0.15) is 8.98 Å². The van der Waals surface area contributed by atoms with Gasteiger partial charge in [0.15, 0.2) is 0 Å². The van der Waals surface area contributed by atoms with Crippen LogP contribution < -0.4 is 75.4 Å². The molecule has 0 aromatic rings. The van der Waals surface area contributed by atoms with Crippen LogP contribution in [0.1, 0.15) is 194 Å². The van der Waals surface area contributed by atoms with Gasteiger partial charge in [-0.3, -0.25) is 0 Å². The smallest absolute Gasteiger partial charge is 0.500 e. The van der Waals surface area contributed by atoms with E-state index < -0.39 is 0 Å². The minimum atomic E-state index is -0.175. The minimum absolute atomic E-state index is 0. The molecule has 6 fully saturated rings. The quantitative estimate of drug-likeness (QED) is 0.115. The van der Waals surface area contributed by atoms with Crippen LogP contribution in [-0.2, 0) is 51.2 Å². The second kappa shape index (κ2) is 94.3. The van der Waals surface area contributed by atoms with Gasteiger partial charge in [0.05, 0.1) is 10.1 Å². The molecule has 66 heavy (non-hydrogen) atoms. The van der Waals surface area contributed by atoms with E-state index in [2.05, 4.69) is 43.4 Å². The average molecular weight is 1130 g/mol. The van der Waals surface area contributed by atoms with Gasteiger partial charge in [-0.1, -0.05) is 223 Å². The van der Waals surface area contributed by atoms with E-state index in [9.17, 15) is 0 Å². The molecular formula is C53H87Cl6Fe3Li4-. The molecule has 0 unspecified atom stereocenters. The average Bonchev–Trinajstić information content (AvgIpc) is 4.04. The molecule has 6 aliphatic rings. The number of hydrogen-bond donors (Lipinski definition) is 0. The third kappa shape index (κ3) is 87.1. The molecule has 0 bridgehead atoms. The largest absolute Gasteiger partial charge is 2.00 e. The molecule has 0 aliphatic heterocycles. The molecule has 6 aliphatic carbocycles. The number of rotatable bonds is 3. The summed E-state index contributed by atoms with van der Waals surface area (Å²) < 4.78 is -0.351. The first-order chi connectivity index (χ1) is 25.2. The molecule has 6 saturated carbocycles. The van der Waals surface area contributed by atoms with Gasteiger partial charge in [-0.05, 0) is 43.4 Å². The molecule has 0 nitrogen and oxygen atoms in total. The van der Waals surface area contributed by atoms with Crippen molar-refractivity contribution in [3.63, 3.8) is 0 Å². The molecule has 0 radical (unpaired) electrons. The Morgan fingerprint density at radius 3 is 0.864 bits per heavy atom. The zero-order valence-corrected chi connectivity index (χ0v) is 52.3. The van der Waals surface area contributed by atoms with E-state index in [1.807, 2.05) is 6.92 Å². The van der Waals surface area contributed by atoms with Crippen LogP contribution in [0.2, 0.25) is 0 Å². The molecule has 13 heteroatoms. The van der Waals surface area contributed by atoms with Gasteiger partial charge in [0, 0.05) is 6.42 Å². The van der Waals surface area contributed by atoms with Gasteiger partial charge < -0.3 is 89.5 Å². The second-order valence-electron chi connectivity index (χ2n) is 13.7. The third-order valence-electron chi connectivity index (χ3n) is 9.41. The Morgan fingerprint density at radius 2 is 0.697 bits per heavy atom. The van der Waals surface area contributed by atoms with E-state index in [1.165, 1.54) is 173 Å². The van der Waals surface area contributed by atoms with Gasteiger partial charge in [0.25, 0.3) is 0 Å². The maximum absolute atomic E-state index is 5.90. The van der Waals surface area contributed by atoms with Crippen molar-refractivity contribution >= 4 is 69.6 Å². The van der Waals surface area contributed by atoms with Gasteiger partial charge in [-0.15, -0.1) is 0 Å². The summed E-state index contributed by atoms with van der Waals surface area (Å²) in [5, 5.41) is -0.130. The van der Waals surface area contributed by atoms with Crippen molar-refractivity contribution in [3.8, 4) is 35.5 Å². The van der Waals surface area contributed by atoms with Crippen LogP contribution in [0.3, 0.4) is 0 Å². The Balaban J connectivity index is -0.0000000306. The van der Waals surface area contributed by atoms with E-state index >= 15 is 0 Å². The summed E-state index contributed by atoms with van der Waals surface area (Å²) in [4.78, 5) is 0. The molecule has 0 N–H and O–H groups in total. The van der Waals surface area contributed by atoms with E-state index in [1.54, 1.807) is 11.8 Å². The minimum Gasteiger partial charge on any atom is -0.500 e. The standard InChI is InChI=1S/C11H14.C7H14.2C5H10.2C5H9.C4Cl6.C4.7CH3.3Fe.4Li/c1-2-3-4-5-8-11-9-6-7-10-11;1-2-7-5-3-4-6-7;4*1-2-4-5-3-1;5-1(3(7)8)2(6)4(9)10;1-3-4-2;;;;;;;;;;;;;;/h11H,6-10H2,1H3;7H,2-6H2,1H3;2*1-5H2;2*1H,2-5H2;;;7*1H3;;;;;;;/q;;;;2*-1;;-2;7*-1;3*+2;4*+1. The summed E-state index contributed by atoms with van der Waals surface area (Å²) in [7, 11) is 0. The Labute approximate surface area is 527 Å². The summed E-state index contributed by atoms with van der Waals surface area (Å²) in [6.07, 6.45) is 56.9. The maximum atomic E-state index is 5.90. The van der Waals surface area contributed by atoms with Crippen LogP contribution in [0.4, 0.5) is 0 Å². The van der Waals surface area contributed by atoms with Gasteiger partial charge >= 0.3 is 127 Å². The van der Waals surface area contributed by atoms with E-state index in [0.717, 1.165) is 18.3 Å². The van der Waals surface area contributed by atoms with Gasteiger partial charge in [-0.2, -0.15) is 25.7 Å². The zero-order valence-electron chi connectivity index (χ0n) is 44.4. The van der Waals surface area contributed by atoms with Crippen molar-refractivity contribution in [2.75, 3.05) is 0 Å². The molecule has 0 aromatic heterocycles. The Morgan fingerprint density at radius 1 is 0.439 bits per heavy atom. The fourth-order valence-corrected chi connectivity index (χ4v) is 7.07. The Bertz CT molecular complexity index is 1000. The molecule has 0 amide bonds. The zero-order chi connectivity index (χ0) is 38.9. The van der Waals surface area contributed by atoms with Crippen LogP contribution in [-0.4, -0.2) is 0 Å². The summed E-state index contributed by atoms with van der Waals surface area (Å²) in [6, 6.07) is 0. The van der Waals surface area contributed by atoms with Crippen LogP contribution >= 0.6 is 69.6 Å². The molecule has 0 atom stereocenters. The van der Waals surface area contributed by atoms with Crippen molar-refractivity contribution in [2.24, 2.45) is 11.8 Å². The third-order valence-corrected chi connectivity index (χ3v) is 11.4. The summed E-state index contributed by atoms with van der Waals surface area (Å²) in [6.45, 7) is 4.13. The summed E-state index contributed by atoms with van der Waals surface area (Å²) >= 11 is 31.8. The van der Waals surface area contributed by atoms with Crippen molar-refractivity contribution in [1.82, 2.24) is 0 Å². The van der Waals surface area contributed by atoms with E-state index in [0.29, 0.717) is 0 Å². The summed E-state index contributed by atoms with van der Waals surface area (Å²) in [5.41, 5.74) is 0.